The maximum Gasteiger partial charge on any atom is 0.251 e. The Morgan fingerprint density at radius 3 is 1.76 bits per heavy atom. The number of aliphatic hydroxyl groups excluding tert-OH is 1. The van der Waals surface area contributed by atoms with E-state index in [-0.39, 0.29) is 23.7 Å². The number of aryl methyl sites for hydroxylation is 2. The second-order valence-electron chi connectivity index (χ2n) is 13.1. The van der Waals surface area contributed by atoms with E-state index in [1.54, 1.807) is 23.2 Å². The first-order valence-electron chi connectivity index (χ1n) is 17.2. The number of nitrogens with two attached hydrogens (primary N) is 2. The van der Waals surface area contributed by atoms with Crippen LogP contribution in [0.1, 0.15) is 106 Å². The zero-order valence-electron chi connectivity index (χ0n) is 28.5. The van der Waals surface area contributed by atoms with Gasteiger partial charge < -0.3 is 16.6 Å². The lowest BCUT2D eigenvalue weighted by atomic mass is 9.96. The van der Waals surface area contributed by atoms with Gasteiger partial charge in [-0.3, -0.25) is 4.68 Å². The van der Waals surface area contributed by atoms with Gasteiger partial charge in [-0.15, -0.1) is 20.5 Å². The highest BCUT2D eigenvalue weighted by atomic mass is 16.3. The molecule has 0 radical (unpaired) electrons. The smallest absolute Gasteiger partial charge is 0.251 e. The van der Waals surface area contributed by atoms with Crippen LogP contribution in [0.3, 0.4) is 0 Å². The third-order valence-corrected chi connectivity index (χ3v) is 9.71. The molecule has 20 heteroatoms. The molecule has 2 aliphatic carbocycles. The summed E-state index contributed by atoms with van der Waals surface area (Å²) in [6.07, 6.45) is 10.8. The van der Waals surface area contributed by atoms with Crippen LogP contribution in [0.5, 0.6) is 0 Å². The first-order chi connectivity index (χ1) is 24.8. The van der Waals surface area contributed by atoms with Gasteiger partial charge in [-0.05, 0) is 39.5 Å². The van der Waals surface area contributed by atoms with E-state index >= 15 is 0 Å². The van der Waals surface area contributed by atoms with Crippen LogP contribution in [0.15, 0.2) is 32.9 Å². The summed E-state index contributed by atoms with van der Waals surface area (Å²) in [4.78, 5) is 3.60. The molecule has 3 atom stereocenters. The molecule has 4 aromatic heterocycles. The molecule has 4 aromatic rings. The third-order valence-electron chi connectivity index (χ3n) is 9.71. The number of aliphatic hydroxyl groups is 1. The van der Waals surface area contributed by atoms with Crippen molar-refractivity contribution in [2.75, 3.05) is 11.5 Å². The van der Waals surface area contributed by atoms with Gasteiger partial charge >= 0.3 is 0 Å². The summed E-state index contributed by atoms with van der Waals surface area (Å²) in [5, 5.41) is 65.5. The molecular weight excluding hydrogens is 654 g/mol. The molecule has 7 rings (SSSR count). The van der Waals surface area contributed by atoms with Crippen LogP contribution in [-0.4, -0.2) is 50.6 Å². The van der Waals surface area contributed by atoms with Crippen LogP contribution >= 0.6 is 0 Å². The lowest BCUT2D eigenvalue weighted by molar-refractivity contribution is -0.0162. The molecule has 51 heavy (non-hydrogen) atoms. The fourth-order valence-electron chi connectivity index (χ4n) is 7.07. The first kappa shape index (κ1) is 33.9. The Morgan fingerprint density at radius 2 is 1.25 bits per heavy atom. The van der Waals surface area contributed by atoms with Crippen molar-refractivity contribution >= 4 is 40.3 Å². The molecule has 5 heterocycles. The molecule has 0 spiro atoms. The van der Waals surface area contributed by atoms with Crippen LogP contribution in [0.25, 0.3) is 4.85 Å². The highest BCUT2D eigenvalue weighted by Gasteiger charge is 2.33. The number of hydrogen-bond donors (Lipinski definition) is 6. The number of rotatable bonds is 8. The van der Waals surface area contributed by atoms with Gasteiger partial charge in [0.15, 0.2) is 53.6 Å². The Kier molecular flexibility index (Phi) is 9.56. The van der Waals surface area contributed by atoms with E-state index in [2.05, 4.69) is 67.7 Å². The normalized spacial score (nSPS) is 22.2. The predicted octanol–water partition coefficient (Wildman–Crippen LogP) is 5.19. The number of nitriles is 1. The van der Waals surface area contributed by atoms with Crippen LogP contribution in [0.4, 0.5) is 40.3 Å². The van der Waals surface area contributed by atoms with Gasteiger partial charge in [-0.25, -0.2) is 34.8 Å². The van der Waals surface area contributed by atoms with E-state index in [1.165, 1.54) is 34.6 Å². The second-order valence-corrected chi connectivity index (χ2v) is 13.1. The largest absolute Gasteiger partial charge is 0.382 e. The molecule has 2 saturated carbocycles. The zero-order valence-corrected chi connectivity index (χ0v) is 28.5. The maximum atomic E-state index is 10.8. The van der Waals surface area contributed by atoms with E-state index in [1.807, 2.05) is 0 Å². The van der Waals surface area contributed by atoms with Crippen LogP contribution in [0, 0.1) is 31.8 Å². The molecule has 3 fully saturated rings. The van der Waals surface area contributed by atoms with Crippen LogP contribution in [-0.2, 0) is 0 Å². The molecule has 0 amide bonds. The van der Waals surface area contributed by atoms with Gasteiger partial charge in [-0.1, -0.05) is 38.5 Å². The molecule has 1 saturated heterocycles. The maximum absolute atomic E-state index is 10.8. The highest BCUT2D eigenvalue weighted by Crippen LogP contribution is 2.39. The molecule has 3 unspecified atom stereocenters. The van der Waals surface area contributed by atoms with Crippen molar-refractivity contribution in [3.63, 3.8) is 0 Å². The monoisotopic (exact) mass is 695 g/mol. The minimum Gasteiger partial charge on any atom is -0.382 e. The number of nitrogens with zero attached hydrogens (tertiary/aromatic N) is 14. The number of nitrogen functional groups attached to an aromatic ring is 2. The summed E-state index contributed by atoms with van der Waals surface area (Å²) >= 11 is 0. The lowest BCUT2D eigenvalue weighted by Crippen LogP contribution is -2.62. The Morgan fingerprint density at radius 1 is 0.765 bits per heavy atom. The first-order valence-corrected chi connectivity index (χ1v) is 17.2. The van der Waals surface area contributed by atoms with E-state index in [4.69, 9.17) is 18.0 Å². The van der Waals surface area contributed by atoms with Crippen LogP contribution < -0.4 is 27.4 Å². The fraction of sp³-hybridized carbons (Fsp3) is 0.548. The van der Waals surface area contributed by atoms with Gasteiger partial charge in [0.05, 0.1) is 42.4 Å². The van der Waals surface area contributed by atoms with Gasteiger partial charge in [0, 0.05) is 0 Å². The summed E-state index contributed by atoms with van der Waals surface area (Å²) in [6, 6.07) is 2.47. The highest BCUT2D eigenvalue weighted by molar-refractivity contribution is 5.64. The molecule has 8 N–H and O–H groups in total. The predicted molar refractivity (Wildman–Crippen MR) is 184 cm³/mol. The summed E-state index contributed by atoms with van der Waals surface area (Å²) in [5.74, 6) is 1.10. The number of azo groups is 2. The SMILES string of the molecule is [C-]#[N+]c1cnn(C2CCCCC2)c1N=Nc1c(C)nn(C2NC(O)NC(n3nc(C)c(N=Nc4c(C#N)cnn4C4CCCCC4)c3N)N2)c1N. The molecule has 1 aliphatic heterocycles. The van der Waals surface area contributed by atoms with E-state index in [0.717, 1.165) is 51.4 Å². The number of aromatic nitrogens is 8. The average molecular weight is 696 g/mol. The number of anilines is 2. The van der Waals surface area contributed by atoms with Crippen molar-refractivity contribution in [1.82, 2.24) is 55.1 Å². The molecule has 3 aliphatic rings. The Bertz CT molecular complexity index is 1880. The average Bonchev–Trinajstić information content (AvgIpc) is 3.90. The van der Waals surface area contributed by atoms with E-state index < -0.39 is 18.9 Å². The molecule has 0 aromatic carbocycles. The van der Waals surface area contributed by atoms with Crippen molar-refractivity contribution < 1.29 is 5.11 Å². The minimum atomic E-state index is -1.22. The van der Waals surface area contributed by atoms with E-state index in [9.17, 15) is 10.4 Å². The van der Waals surface area contributed by atoms with Gasteiger partial charge in [0.2, 0.25) is 0 Å². The lowest BCUT2D eigenvalue weighted by Gasteiger charge is -2.36. The summed E-state index contributed by atoms with van der Waals surface area (Å²) in [5.41, 5.74) is 15.4. The zero-order chi connectivity index (χ0) is 35.6. The van der Waals surface area contributed by atoms with Crippen LogP contribution in [0.2, 0.25) is 0 Å². The molecule has 0 bridgehead atoms. The van der Waals surface area contributed by atoms with Crippen molar-refractivity contribution in [3.8, 4) is 6.07 Å². The molecule has 266 valence electrons. The van der Waals surface area contributed by atoms with Gasteiger partial charge in [0.1, 0.15) is 11.6 Å². The minimum absolute atomic E-state index is 0.152. The van der Waals surface area contributed by atoms with Gasteiger partial charge in [-0.2, -0.15) is 25.7 Å². The quantitative estimate of drug-likeness (QED) is 0.103. The molecule has 20 nitrogen and oxygen atoms in total. The standard InChI is InChI=1S/C31H41N19O/c1-17-23(41-43-27-19(14-32)15-36-47(27)20-10-6-4-7-11-20)25(33)49(45-17)29-38-30(40-31(51)39-29)50-26(34)24(18(2)46-50)42-44-28-22(35-3)16-37-48(28)21-12-8-5-9-13-21/h15-16,20-21,29-31,38-40,51H,4-13,33-34H2,1-2H3. The summed E-state index contributed by atoms with van der Waals surface area (Å²) in [6.45, 7) is 11.1. The Labute approximate surface area is 293 Å². The second kappa shape index (κ2) is 14.4. The summed E-state index contributed by atoms with van der Waals surface area (Å²) in [7, 11) is 0. The topological polar surface area (TPSA) is 257 Å². The Balaban J connectivity index is 1.13. The fourth-order valence-corrected chi connectivity index (χ4v) is 7.07. The van der Waals surface area contributed by atoms with Crippen molar-refractivity contribution in [3.05, 3.63) is 40.8 Å². The van der Waals surface area contributed by atoms with Gasteiger partial charge in [0.25, 0.3) is 5.69 Å². The van der Waals surface area contributed by atoms with Crippen molar-refractivity contribution in [2.24, 2.45) is 20.5 Å². The Hall–Kier alpha value is -5.54. The van der Waals surface area contributed by atoms with E-state index in [0.29, 0.717) is 45.6 Å². The van der Waals surface area contributed by atoms with Crippen molar-refractivity contribution in [2.45, 2.75) is 109 Å². The van der Waals surface area contributed by atoms with Crippen molar-refractivity contribution in [1.29, 1.82) is 5.26 Å². The number of nitrogens with one attached hydrogen (secondary N) is 3. The number of hydrogen-bond acceptors (Lipinski definition) is 15. The molecular formula is C31H41N19O. The summed E-state index contributed by atoms with van der Waals surface area (Å²) < 4.78 is 6.46. The third kappa shape index (κ3) is 6.57.